The number of carbonyl (C=O) groups excluding carboxylic acids is 1. The van der Waals surface area contributed by atoms with E-state index in [2.05, 4.69) is 10.3 Å². The molecule has 1 fully saturated rings. The lowest BCUT2D eigenvalue weighted by molar-refractivity contribution is -0.349. The van der Waals surface area contributed by atoms with E-state index in [4.69, 9.17) is 0 Å². The molecule has 5 N–H and O–H groups in total. The van der Waals surface area contributed by atoms with Crippen molar-refractivity contribution in [3.05, 3.63) is 59.4 Å². The number of rotatable bonds is 2. The topological polar surface area (TPSA) is 107 Å². The quantitative estimate of drug-likeness (QED) is 0.483. The Morgan fingerprint density at radius 2 is 1.73 bits per heavy atom. The summed E-state index contributed by atoms with van der Waals surface area (Å²) in [5.41, 5.74) is 2.90. The van der Waals surface area contributed by atoms with Crippen molar-refractivity contribution < 1.29 is 25.1 Å². The van der Waals surface area contributed by atoms with E-state index >= 15 is 0 Å². The van der Waals surface area contributed by atoms with Gasteiger partial charge in [0.2, 0.25) is 5.71 Å². The van der Waals surface area contributed by atoms with Crippen LogP contribution in [0.5, 0.6) is 17.2 Å². The summed E-state index contributed by atoms with van der Waals surface area (Å²) in [6, 6.07) is 10.9. The predicted molar refractivity (Wildman–Crippen MR) is 94.2 cm³/mol. The van der Waals surface area contributed by atoms with Gasteiger partial charge >= 0.3 is 0 Å². The van der Waals surface area contributed by atoms with Crippen LogP contribution in [0.15, 0.2) is 48.3 Å². The van der Waals surface area contributed by atoms with Gasteiger partial charge in [-0.2, -0.15) is 0 Å². The maximum Gasteiger partial charge on any atom is 0.252 e. The standard InChI is InChI=1S/C19H17N3O4/c1-10-19(26)22-9-14(12-4-7-15(24)16(25)8-12)21-17(18(22)20-10)11-2-5-13(23)6-3-11/h2-8,10,20,23-25H,9H2,1H3/p+1. The van der Waals surface area contributed by atoms with Crippen molar-refractivity contribution in [1.82, 2.24) is 10.2 Å². The summed E-state index contributed by atoms with van der Waals surface area (Å²) in [6.45, 7) is 2.12. The molecule has 2 aromatic carbocycles. The molecule has 1 saturated heterocycles. The molecular weight excluding hydrogens is 334 g/mol. The number of carbonyl (C=O) groups is 1. The molecule has 132 valence electrons. The third-order valence-corrected chi connectivity index (χ3v) is 4.57. The minimum atomic E-state index is -0.341. The molecule has 26 heavy (non-hydrogen) atoms. The van der Waals surface area contributed by atoms with E-state index in [1.165, 1.54) is 12.1 Å². The number of benzene rings is 2. The summed E-state index contributed by atoms with van der Waals surface area (Å²) in [6.07, 6.45) is 0. The molecule has 2 aliphatic rings. The lowest BCUT2D eigenvalue weighted by Crippen LogP contribution is -2.75. The van der Waals surface area contributed by atoms with Crippen LogP contribution in [0.4, 0.5) is 0 Å². The van der Waals surface area contributed by atoms with Gasteiger partial charge < -0.3 is 20.6 Å². The van der Waals surface area contributed by atoms with E-state index in [-0.39, 0.29) is 29.2 Å². The van der Waals surface area contributed by atoms with Gasteiger partial charge in [-0.1, -0.05) is 0 Å². The highest BCUT2D eigenvalue weighted by Crippen LogP contribution is 2.27. The maximum absolute atomic E-state index is 12.5. The lowest BCUT2D eigenvalue weighted by atomic mass is 10.1. The molecule has 4 rings (SSSR count). The molecule has 1 unspecified atom stereocenters. The van der Waals surface area contributed by atoms with Crippen molar-refractivity contribution in [1.29, 1.82) is 0 Å². The van der Waals surface area contributed by atoms with Gasteiger partial charge in [-0.25, -0.2) is 4.99 Å². The molecular formula is C19H18N3O4+. The van der Waals surface area contributed by atoms with Crippen LogP contribution >= 0.6 is 0 Å². The van der Waals surface area contributed by atoms with Gasteiger partial charge in [-0.05, 0) is 49.4 Å². The highest BCUT2D eigenvalue weighted by Gasteiger charge is 2.41. The van der Waals surface area contributed by atoms with E-state index in [1.54, 1.807) is 42.2 Å². The first kappa shape index (κ1) is 16.0. The van der Waals surface area contributed by atoms with Gasteiger partial charge in [0, 0.05) is 5.56 Å². The number of nitrogens with one attached hydrogen (secondary N) is 2. The molecule has 0 bridgehead atoms. The molecule has 1 amide bonds. The van der Waals surface area contributed by atoms with Crippen molar-refractivity contribution in [2.24, 2.45) is 0 Å². The van der Waals surface area contributed by atoms with Crippen LogP contribution in [0.25, 0.3) is 5.70 Å². The number of aromatic hydroxyl groups is 3. The van der Waals surface area contributed by atoms with Crippen LogP contribution in [-0.4, -0.2) is 44.4 Å². The highest BCUT2D eigenvalue weighted by molar-refractivity contribution is 6.03. The van der Waals surface area contributed by atoms with E-state index in [0.29, 0.717) is 23.6 Å². The smallest absolute Gasteiger partial charge is 0.252 e. The summed E-state index contributed by atoms with van der Waals surface area (Å²) in [7, 11) is 0. The highest BCUT2D eigenvalue weighted by atomic mass is 16.3. The predicted octanol–water partition coefficient (Wildman–Crippen LogP) is -0.167. The molecule has 0 spiro atoms. The molecule has 0 aliphatic carbocycles. The fourth-order valence-corrected chi connectivity index (χ4v) is 3.17. The maximum atomic E-state index is 12.5. The number of hydrogen-bond donors (Lipinski definition) is 5. The summed E-state index contributed by atoms with van der Waals surface area (Å²) in [4.78, 5) is 17.5. The zero-order chi connectivity index (χ0) is 18.4. The van der Waals surface area contributed by atoms with E-state index in [9.17, 15) is 20.1 Å². The second kappa shape index (κ2) is 5.80. The van der Waals surface area contributed by atoms with Crippen molar-refractivity contribution in [2.75, 3.05) is 6.54 Å². The molecule has 2 aromatic rings. The van der Waals surface area contributed by atoms with E-state index in [0.717, 1.165) is 11.3 Å². The third-order valence-electron chi connectivity index (χ3n) is 4.57. The summed E-state index contributed by atoms with van der Waals surface area (Å²) in [5.74, 6) is 0.367. The Kier molecular flexibility index (Phi) is 3.57. The van der Waals surface area contributed by atoms with Gasteiger partial charge in [0.15, 0.2) is 17.3 Å². The number of amides is 1. The fraction of sp³-hybridized carbons (Fsp3) is 0.158. The second-order valence-electron chi connectivity index (χ2n) is 6.37. The van der Waals surface area contributed by atoms with Crippen molar-refractivity contribution in [3.63, 3.8) is 0 Å². The Morgan fingerprint density at radius 3 is 2.42 bits per heavy atom. The zero-order valence-electron chi connectivity index (χ0n) is 14.0. The van der Waals surface area contributed by atoms with Crippen molar-refractivity contribution >= 4 is 17.3 Å². The average molecular weight is 352 g/mol. The van der Waals surface area contributed by atoms with Crippen LogP contribution in [0, 0.1) is 0 Å². The number of fused-ring (bicyclic) bond motifs is 1. The zero-order valence-corrected chi connectivity index (χ0v) is 14.0. The van der Waals surface area contributed by atoms with E-state index < -0.39 is 0 Å². The largest absolute Gasteiger partial charge is 0.508 e. The lowest BCUT2D eigenvalue weighted by Gasteiger charge is -2.20. The first-order valence-corrected chi connectivity index (χ1v) is 8.21. The summed E-state index contributed by atoms with van der Waals surface area (Å²) >= 11 is 0. The SMILES string of the molecule is CC1NC2=C(c3ccc(O)cc3)[NH+]=C(c3ccc(O)c(O)c3)CN2C1=O. The molecule has 0 radical (unpaired) electrons. The Balaban J connectivity index is 1.85. The normalized spacial score (nSPS) is 19.3. The number of hydrogen-bond acceptors (Lipinski definition) is 5. The van der Waals surface area contributed by atoms with E-state index in [1.807, 2.05) is 0 Å². The molecule has 0 aromatic heterocycles. The number of phenolic OH excluding ortho intramolecular Hbond substituents is 3. The van der Waals surface area contributed by atoms with Gasteiger partial charge in [-0.3, -0.25) is 9.69 Å². The van der Waals surface area contributed by atoms with Gasteiger partial charge in [0.1, 0.15) is 18.3 Å². The first-order valence-electron chi connectivity index (χ1n) is 8.21. The summed E-state index contributed by atoms with van der Waals surface area (Å²) < 4.78 is 0. The van der Waals surface area contributed by atoms with Gasteiger partial charge in [0.25, 0.3) is 11.6 Å². The Morgan fingerprint density at radius 1 is 1.04 bits per heavy atom. The van der Waals surface area contributed by atoms with Gasteiger partial charge in [-0.15, -0.1) is 0 Å². The van der Waals surface area contributed by atoms with Crippen LogP contribution in [0.2, 0.25) is 0 Å². The second-order valence-corrected chi connectivity index (χ2v) is 6.37. The van der Waals surface area contributed by atoms with Crippen molar-refractivity contribution in [3.8, 4) is 17.2 Å². The molecule has 7 nitrogen and oxygen atoms in total. The van der Waals surface area contributed by atoms with Gasteiger partial charge in [0.05, 0.1) is 5.56 Å². The minimum absolute atomic E-state index is 0.0433. The molecule has 7 heteroatoms. The fourth-order valence-electron chi connectivity index (χ4n) is 3.17. The molecule has 0 saturated carbocycles. The van der Waals surface area contributed by atoms with Crippen LogP contribution in [0.1, 0.15) is 18.1 Å². The van der Waals surface area contributed by atoms with Crippen molar-refractivity contribution in [2.45, 2.75) is 13.0 Å². The summed E-state index contributed by atoms with van der Waals surface area (Å²) in [5, 5.41) is 32.1. The monoisotopic (exact) mass is 352 g/mol. The average Bonchev–Trinajstić information content (AvgIpc) is 2.92. The number of phenols is 3. The third kappa shape index (κ3) is 2.54. The Labute approximate surface area is 149 Å². The van der Waals surface area contributed by atoms with Crippen LogP contribution < -0.4 is 10.3 Å². The number of nitrogens with zero attached hydrogens (tertiary/aromatic N) is 1. The Hall–Kier alpha value is -3.48. The minimum Gasteiger partial charge on any atom is -0.508 e. The first-order chi connectivity index (χ1) is 12.4. The molecule has 2 heterocycles. The molecule has 1 atom stereocenters. The van der Waals surface area contributed by atoms with Crippen LogP contribution in [-0.2, 0) is 4.79 Å². The van der Waals surface area contributed by atoms with Crippen LogP contribution in [0.3, 0.4) is 0 Å². The molecule has 2 aliphatic heterocycles. The Bertz CT molecular complexity index is 963.